The average molecular weight is 270 g/mol. The fourth-order valence-corrected chi connectivity index (χ4v) is 2.66. The molecule has 0 bridgehead atoms. The number of urea groups is 1. The van der Waals surface area contributed by atoms with E-state index in [4.69, 9.17) is 0 Å². The summed E-state index contributed by atoms with van der Waals surface area (Å²) in [6.07, 6.45) is 6.31. The van der Waals surface area contributed by atoms with Gasteiger partial charge in [0, 0.05) is 19.3 Å². The molecule has 1 aliphatic rings. The van der Waals surface area contributed by atoms with Gasteiger partial charge in [-0.3, -0.25) is 4.68 Å². The summed E-state index contributed by atoms with van der Waals surface area (Å²) in [5.74, 6) is 0. The number of amides is 2. The second-order valence-electron chi connectivity index (χ2n) is 5.21. The highest BCUT2D eigenvalue weighted by Gasteiger charge is 2.19. The number of rotatable bonds is 2. The summed E-state index contributed by atoms with van der Waals surface area (Å²) >= 11 is 0. The topological polar surface area (TPSA) is 59.0 Å². The third-order valence-electron chi connectivity index (χ3n) is 3.64. The van der Waals surface area contributed by atoms with Crippen LogP contribution in [-0.4, -0.2) is 21.9 Å². The summed E-state index contributed by atoms with van der Waals surface area (Å²) in [5.41, 5.74) is 3.45. The zero-order valence-electron chi connectivity index (χ0n) is 11.5. The minimum Gasteiger partial charge on any atom is -0.335 e. The number of carbonyl (C=O) groups is 1. The van der Waals surface area contributed by atoms with Gasteiger partial charge in [0.2, 0.25) is 0 Å². The van der Waals surface area contributed by atoms with E-state index in [0.717, 1.165) is 19.3 Å². The Morgan fingerprint density at radius 2 is 2.15 bits per heavy atom. The van der Waals surface area contributed by atoms with Gasteiger partial charge >= 0.3 is 6.03 Å². The second kappa shape index (κ2) is 5.36. The maximum absolute atomic E-state index is 11.9. The van der Waals surface area contributed by atoms with Crippen molar-refractivity contribution in [2.24, 2.45) is 7.05 Å². The SMILES string of the molecule is Cn1cc(NC(=O)NC2CCc3ccccc3C2)cn1. The monoisotopic (exact) mass is 270 g/mol. The Labute approximate surface area is 118 Å². The number of hydrogen-bond donors (Lipinski definition) is 2. The third kappa shape index (κ3) is 2.82. The van der Waals surface area contributed by atoms with Crippen LogP contribution in [-0.2, 0) is 19.9 Å². The standard InChI is InChI=1S/C15H18N4O/c1-19-10-14(9-16-19)18-15(20)17-13-7-6-11-4-2-3-5-12(11)8-13/h2-5,9-10,13H,6-8H2,1H3,(H2,17,18,20). The Morgan fingerprint density at radius 3 is 2.90 bits per heavy atom. The van der Waals surface area contributed by atoms with Crippen LogP contribution in [0.2, 0.25) is 0 Å². The number of aromatic nitrogens is 2. The van der Waals surface area contributed by atoms with Gasteiger partial charge in [0.1, 0.15) is 0 Å². The zero-order valence-corrected chi connectivity index (χ0v) is 11.5. The molecule has 104 valence electrons. The Kier molecular flexibility index (Phi) is 3.41. The van der Waals surface area contributed by atoms with Gasteiger partial charge in [-0.2, -0.15) is 5.10 Å². The lowest BCUT2D eigenvalue weighted by atomic mass is 9.88. The van der Waals surface area contributed by atoms with Crippen LogP contribution < -0.4 is 10.6 Å². The van der Waals surface area contributed by atoms with Gasteiger partial charge in [-0.1, -0.05) is 24.3 Å². The van der Waals surface area contributed by atoms with Crippen molar-refractivity contribution in [3.8, 4) is 0 Å². The Hall–Kier alpha value is -2.30. The van der Waals surface area contributed by atoms with Crippen molar-refractivity contribution in [1.29, 1.82) is 0 Å². The molecule has 1 aromatic carbocycles. The predicted octanol–water partition coefficient (Wildman–Crippen LogP) is 2.10. The molecular formula is C15H18N4O. The Bertz CT molecular complexity index is 620. The van der Waals surface area contributed by atoms with E-state index in [1.54, 1.807) is 17.1 Å². The van der Waals surface area contributed by atoms with Crippen molar-refractivity contribution in [3.05, 3.63) is 47.8 Å². The van der Waals surface area contributed by atoms with Gasteiger partial charge in [0.25, 0.3) is 0 Å². The first-order valence-electron chi connectivity index (χ1n) is 6.83. The van der Waals surface area contributed by atoms with E-state index in [9.17, 15) is 4.79 Å². The van der Waals surface area contributed by atoms with Crippen LogP contribution in [0.5, 0.6) is 0 Å². The van der Waals surface area contributed by atoms with Crippen molar-refractivity contribution in [1.82, 2.24) is 15.1 Å². The normalized spacial score (nSPS) is 17.4. The lowest BCUT2D eigenvalue weighted by Gasteiger charge is -2.25. The van der Waals surface area contributed by atoms with Crippen LogP contribution in [0.25, 0.3) is 0 Å². The molecule has 20 heavy (non-hydrogen) atoms. The molecule has 1 heterocycles. The fraction of sp³-hybridized carbons (Fsp3) is 0.333. The van der Waals surface area contributed by atoms with E-state index in [-0.39, 0.29) is 12.1 Å². The summed E-state index contributed by atoms with van der Waals surface area (Å²) in [6.45, 7) is 0. The molecule has 0 saturated heterocycles. The molecule has 2 aromatic rings. The second-order valence-corrected chi connectivity index (χ2v) is 5.21. The quantitative estimate of drug-likeness (QED) is 0.878. The number of nitrogens with one attached hydrogen (secondary N) is 2. The van der Waals surface area contributed by atoms with Crippen molar-refractivity contribution in [2.75, 3.05) is 5.32 Å². The van der Waals surface area contributed by atoms with Gasteiger partial charge in [-0.25, -0.2) is 4.79 Å². The van der Waals surface area contributed by atoms with E-state index in [2.05, 4.69) is 40.0 Å². The highest BCUT2D eigenvalue weighted by atomic mass is 16.2. The number of aryl methyl sites for hydroxylation is 2. The van der Waals surface area contributed by atoms with E-state index < -0.39 is 0 Å². The number of carbonyl (C=O) groups excluding carboxylic acids is 1. The van der Waals surface area contributed by atoms with Gasteiger partial charge in [-0.05, 0) is 30.4 Å². The smallest absolute Gasteiger partial charge is 0.319 e. The first-order valence-corrected chi connectivity index (χ1v) is 6.83. The summed E-state index contributed by atoms with van der Waals surface area (Å²) in [5, 5.41) is 9.85. The molecule has 0 saturated carbocycles. The van der Waals surface area contributed by atoms with E-state index >= 15 is 0 Å². The molecule has 2 N–H and O–H groups in total. The van der Waals surface area contributed by atoms with E-state index in [1.165, 1.54) is 11.1 Å². The summed E-state index contributed by atoms with van der Waals surface area (Å²) in [6, 6.07) is 8.46. The molecule has 3 rings (SSSR count). The summed E-state index contributed by atoms with van der Waals surface area (Å²) in [7, 11) is 1.82. The van der Waals surface area contributed by atoms with E-state index in [0.29, 0.717) is 5.69 Å². The molecule has 2 amide bonds. The number of anilines is 1. The molecule has 0 fully saturated rings. The molecule has 0 aliphatic heterocycles. The number of benzene rings is 1. The average Bonchev–Trinajstić information content (AvgIpc) is 2.83. The molecule has 1 aromatic heterocycles. The highest BCUT2D eigenvalue weighted by Crippen LogP contribution is 2.21. The predicted molar refractivity (Wildman–Crippen MR) is 77.6 cm³/mol. The van der Waals surface area contributed by atoms with Crippen LogP contribution in [0.4, 0.5) is 10.5 Å². The molecule has 0 radical (unpaired) electrons. The van der Waals surface area contributed by atoms with Crippen molar-refractivity contribution < 1.29 is 4.79 Å². The first kappa shape index (κ1) is 12.7. The van der Waals surface area contributed by atoms with Crippen LogP contribution in [0.3, 0.4) is 0 Å². The fourth-order valence-electron chi connectivity index (χ4n) is 2.66. The number of nitrogens with zero attached hydrogens (tertiary/aromatic N) is 2. The van der Waals surface area contributed by atoms with Crippen LogP contribution in [0.1, 0.15) is 17.5 Å². The minimum absolute atomic E-state index is 0.164. The Morgan fingerprint density at radius 1 is 1.35 bits per heavy atom. The Balaban J connectivity index is 1.58. The number of fused-ring (bicyclic) bond motifs is 1. The minimum atomic E-state index is -0.164. The molecular weight excluding hydrogens is 252 g/mol. The molecule has 1 aliphatic carbocycles. The lowest BCUT2D eigenvalue weighted by Crippen LogP contribution is -2.41. The van der Waals surface area contributed by atoms with Crippen LogP contribution >= 0.6 is 0 Å². The first-order chi connectivity index (χ1) is 9.70. The summed E-state index contributed by atoms with van der Waals surface area (Å²) < 4.78 is 1.66. The van der Waals surface area contributed by atoms with Crippen LogP contribution in [0.15, 0.2) is 36.7 Å². The molecule has 5 heteroatoms. The molecule has 5 nitrogen and oxygen atoms in total. The lowest BCUT2D eigenvalue weighted by molar-refractivity contribution is 0.247. The van der Waals surface area contributed by atoms with Gasteiger partial charge in [0.15, 0.2) is 0 Å². The molecule has 1 atom stereocenters. The van der Waals surface area contributed by atoms with Crippen molar-refractivity contribution in [3.63, 3.8) is 0 Å². The number of hydrogen-bond acceptors (Lipinski definition) is 2. The van der Waals surface area contributed by atoms with Crippen molar-refractivity contribution in [2.45, 2.75) is 25.3 Å². The largest absolute Gasteiger partial charge is 0.335 e. The van der Waals surface area contributed by atoms with Gasteiger partial charge in [0.05, 0.1) is 11.9 Å². The zero-order chi connectivity index (χ0) is 13.9. The van der Waals surface area contributed by atoms with E-state index in [1.807, 2.05) is 7.05 Å². The van der Waals surface area contributed by atoms with Gasteiger partial charge in [-0.15, -0.1) is 0 Å². The van der Waals surface area contributed by atoms with Gasteiger partial charge < -0.3 is 10.6 Å². The maximum Gasteiger partial charge on any atom is 0.319 e. The maximum atomic E-state index is 11.9. The summed E-state index contributed by atoms with van der Waals surface area (Å²) in [4.78, 5) is 11.9. The molecule has 0 spiro atoms. The van der Waals surface area contributed by atoms with Crippen molar-refractivity contribution >= 4 is 11.7 Å². The molecule has 1 unspecified atom stereocenters. The highest BCUT2D eigenvalue weighted by molar-refractivity contribution is 5.89. The third-order valence-corrected chi connectivity index (χ3v) is 3.64. The van der Waals surface area contributed by atoms with Crippen LogP contribution in [0, 0.1) is 0 Å².